The van der Waals surface area contributed by atoms with Gasteiger partial charge in [0.05, 0.1) is 16.2 Å². The van der Waals surface area contributed by atoms with E-state index >= 15 is 0 Å². The second kappa shape index (κ2) is 8.43. The Morgan fingerprint density at radius 3 is 2.34 bits per heavy atom. The number of amides is 3. The van der Waals surface area contributed by atoms with Gasteiger partial charge in [-0.3, -0.25) is 4.79 Å². The number of para-hydroxylation sites is 1. The molecule has 3 aromatic rings. The third kappa shape index (κ3) is 3.39. The molecule has 5 nitrogen and oxygen atoms in total. The number of urea groups is 1. The van der Waals surface area contributed by atoms with E-state index in [-0.39, 0.29) is 18.0 Å². The lowest BCUT2D eigenvalue weighted by molar-refractivity contribution is -0.120. The second-order valence-corrected chi connectivity index (χ2v) is 8.86. The lowest BCUT2D eigenvalue weighted by Crippen LogP contribution is -2.43. The highest BCUT2D eigenvalue weighted by Crippen LogP contribution is 2.45. The number of fused-ring (bicyclic) bond motifs is 2. The summed E-state index contributed by atoms with van der Waals surface area (Å²) < 4.78 is 6.95. The summed E-state index contributed by atoms with van der Waals surface area (Å²) in [5, 5.41) is 0. The first kappa shape index (κ1) is 20.8. The molecule has 1 saturated heterocycles. The van der Waals surface area contributed by atoms with E-state index in [1.165, 1.54) is 4.90 Å². The molecule has 2 aliphatic heterocycles. The second-order valence-electron chi connectivity index (χ2n) is 8.06. The fourth-order valence-corrected chi connectivity index (χ4v) is 5.34. The van der Waals surface area contributed by atoms with Crippen LogP contribution in [0, 0.1) is 0 Å². The zero-order valence-electron chi connectivity index (χ0n) is 17.7. The fraction of sp³-hybridized carbons (Fsp3) is 0.231. The average Bonchev–Trinajstić information content (AvgIpc) is 3.08. The van der Waals surface area contributed by atoms with Gasteiger partial charge < -0.3 is 9.64 Å². The Hall–Kier alpha value is -3.12. The van der Waals surface area contributed by atoms with Crippen LogP contribution in [0.5, 0.6) is 5.75 Å². The largest absolute Gasteiger partial charge is 0.488 e. The molecule has 0 aliphatic carbocycles. The summed E-state index contributed by atoms with van der Waals surface area (Å²) in [6.45, 7) is 2.51. The van der Waals surface area contributed by atoms with Gasteiger partial charge in [0.15, 0.2) is 0 Å². The number of rotatable bonds is 5. The molecule has 32 heavy (non-hydrogen) atoms. The molecule has 0 radical (unpaired) electrons. The summed E-state index contributed by atoms with van der Waals surface area (Å²) in [5.41, 5.74) is 3.81. The molecule has 2 aliphatic rings. The summed E-state index contributed by atoms with van der Waals surface area (Å²) in [7, 11) is 0. The summed E-state index contributed by atoms with van der Waals surface area (Å²) in [4.78, 5) is 29.8. The molecule has 2 atom stereocenters. The van der Waals surface area contributed by atoms with Crippen molar-refractivity contribution >= 4 is 33.6 Å². The lowest BCUT2D eigenvalue weighted by Gasteiger charge is -2.37. The van der Waals surface area contributed by atoms with E-state index in [1.54, 1.807) is 17.0 Å². The number of nitrogens with zero attached hydrogens (tertiary/aromatic N) is 2. The van der Waals surface area contributed by atoms with Gasteiger partial charge in [-0.15, -0.1) is 0 Å². The average molecular weight is 491 g/mol. The fourth-order valence-electron chi connectivity index (χ4n) is 4.70. The van der Waals surface area contributed by atoms with Crippen molar-refractivity contribution in [3.63, 3.8) is 0 Å². The van der Waals surface area contributed by atoms with Crippen molar-refractivity contribution in [2.75, 3.05) is 4.90 Å². The first-order valence-corrected chi connectivity index (χ1v) is 11.6. The summed E-state index contributed by atoms with van der Waals surface area (Å²) in [5.74, 6) is 0.570. The Morgan fingerprint density at radius 1 is 0.969 bits per heavy atom. The third-order valence-corrected chi connectivity index (χ3v) is 7.10. The van der Waals surface area contributed by atoms with Crippen molar-refractivity contribution in [1.29, 1.82) is 0 Å². The number of hydrogen-bond acceptors (Lipinski definition) is 3. The van der Waals surface area contributed by atoms with Crippen LogP contribution >= 0.6 is 15.9 Å². The first-order chi connectivity index (χ1) is 15.6. The molecule has 162 valence electrons. The molecular weight excluding hydrogens is 468 g/mol. The molecule has 0 aromatic heterocycles. The smallest absolute Gasteiger partial charge is 0.332 e. The quantitative estimate of drug-likeness (QED) is 0.420. The van der Waals surface area contributed by atoms with Crippen LogP contribution in [0.2, 0.25) is 0 Å². The Labute approximate surface area is 195 Å². The van der Waals surface area contributed by atoms with Crippen LogP contribution in [0.3, 0.4) is 0 Å². The number of carbonyl (C=O) groups is 2. The number of benzene rings is 3. The van der Waals surface area contributed by atoms with E-state index in [0.717, 1.165) is 33.3 Å². The zero-order valence-corrected chi connectivity index (χ0v) is 19.3. The Bertz CT molecular complexity index is 1170. The van der Waals surface area contributed by atoms with Gasteiger partial charge >= 0.3 is 6.03 Å². The van der Waals surface area contributed by atoms with Crippen LogP contribution in [0.1, 0.15) is 36.1 Å². The van der Waals surface area contributed by atoms with E-state index in [9.17, 15) is 9.59 Å². The molecule has 0 saturated carbocycles. The van der Waals surface area contributed by atoms with Gasteiger partial charge in [-0.05, 0) is 57.2 Å². The number of hydrogen-bond donors (Lipinski definition) is 0. The molecule has 1 fully saturated rings. The molecule has 6 heteroatoms. The van der Waals surface area contributed by atoms with Crippen molar-refractivity contribution in [2.45, 2.75) is 38.5 Å². The van der Waals surface area contributed by atoms with Crippen LogP contribution in [0.4, 0.5) is 10.5 Å². The molecule has 3 amide bonds. The Morgan fingerprint density at radius 2 is 1.66 bits per heavy atom. The first-order valence-electron chi connectivity index (χ1n) is 10.8. The Balaban J connectivity index is 1.48. The van der Waals surface area contributed by atoms with E-state index in [2.05, 4.69) is 15.9 Å². The number of anilines is 1. The van der Waals surface area contributed by atoms with Crippen molar-refractivity contribution in [1.82, 2.24) is 4.90 Å². The molecule has 3 aromatic carbocycles. The number of imide groups is 1. The van der Waals surface area contributed by atoms with Gasteiger partial charge in [-0.1, -0.05) is 61.5 Å². The topological polar surface area (TPSA) is 49.9 Å². The summed E-state index contributed by atoms with van der Waals surface area (Å²) >= 11 is 3.74. The maximum Gasteiger partial charge on any atom is 0.332 e. The Kier molecular flexibility index (Phi) is 5.47. The van der Waals surface area contributed by atoms with Crippen LogP contribution in [-0.2, 0) is 17.8 Å². The van der Waals surface area contributed by atoms with E-state index in [0.29, 0.717) is 18.7 Å². The number of ether oxygens (including phenoxy) is 1. The lowest BCUT2D eigenvalue weighted by atomic mass is 9.87. The van der Waals surface area contributed by atoms with Crippen molar-refractivity contribution in [2.24, 2.45) is 0 Å². The molecule has 1 unspecified atom stereocenters. The van der Waals surface area contributed by atoms with Gasteiger partial charge in [-0.25, -0.2) is 9.69 Å². The van der Waals surface area contributed by atoms with E-state index < -0.39 is 6.04 Å². The van der Waals surface area contributed by atoms with Crippen molar-refractivity contribution in [3.05, 3.63) is 94.0 Å². The standard InChI is InChI=1S/C26H23BrN2O3/c1-2-21-19-13-14-23(32-16-17-9-5-3-6-10-17)24(27)20(19)15-22-25(30)28(26(31)29(21)22)18-11-7-4-8-12-18/h3-14,21-22H,2,15-16H2,1H3/t21?,22-/m0/s1. The highest BCUT2D eigenvalue weighted by atomic mass is 79.9. The monoisotopic (exact) mass is 490 g/mol. The van der Waals surface area contributed by atoms with Gasteiger partial charge in [0.1, 0.15) is 18.4 Å². The molecule has 5 rings (SSSR count). The normalized spacial score (nSPS) is 19.7. The van der Waals surface area contributed by atoms with Gasteiger partial charge in [0.25, 0.3) is 5.91 Å². The number of halogens is 1. The highest BCUT2D eigenvalue weighted by Gasteiger charge is 2.51. The van der Waals surface area contributed by atoms with E-state index in [4.69, 9.17) is 4.74 Å². The molecular formula is C26H23BrN2O3. The molecule has 0 N–H and O–H groups in total. The molecule has 0 bridgehead atoms. The highest BCUT2D eigenvalue weighted by molar-refractivity contribution is 9.10. The van der Waals surface area contributed by atoms with Crippen LogP contribution < -0.4 is 9.64 Å². The minimum atomic E-state index is -0.513. The SMILES string of the molecule is CCC1c2ccc(OCc3ccccc3)c(Br)c2C[C@H]2C(=O)N(c3ccccc3)C(=O)N12. The van der Waals surface area contributed by atoms with E-state index in [1.807, 2.05) is 67.6 Å². The molecule has 0 spiro atoms. The predicted octanol–water partition coefficient (Wildman–Crippen LogP) is 5.87. The predicted molar refractivity (Wildman–Crippen MR) is 127 cm³/mol. The van der Waals surface area contributed by atoms with Crippen LogP contribution in [0.15, 0.2) is 77.3 Å². The third-order valence-electron chi connectivity index (χ3n) is 6.23. The summed E-state index contributed by atoms with van der Waals surface area (Å²) in [6, 6.07) is 22.2. The summed E-state index contributed by atoms with van der Waals surface area (Å²) in [6.07, 6.45) is 1.19. The van der Waals surface area contributed by atoms with Gasteiger partial charge in [-0.2, -0.15) is 0 Å². The minimum absolute atomic E-state index is 0.159. The zero-order chi connectivity index (χ0) is 22.2. The molecule has 2 heterocycles. The van der Waals surface area contributed by atoms with Gasteiger partial charge in [0.2, 0.25) is 0 Å². The van der Waals surface area contributed by atoms with Gasteiger partial charge in [0, 0.05) is 6.42 Å². The van der Waals surface area contributed by atoms with Crippen molar-refractivity contribution in [3.8, 4) is 5.75 Å². The minimum Gasteiger partial charge on any atom is -0.488 e. The number of carbonyl (C=O) groups excluding carboxylic acids is 2. The maximum absolute atomic E-state index is 13.3. The van der Waals surface area contributed by atoms with Crippen LogP contribution in [0.25, 0.3) is 0 Å². The maximum atomic E-state index is 13.3. The van der Waals surface area contributed by atoms with Crippen molar-refractivity contribution < 1.29 is 14.3 Å². The van der Waals surface area contributed by atoms with Crippen LogP contribution in [-0.4, -0.2) is 22.9 Å².